The molecule has 166 valence electrons. The second kappa shape index (κ2) is 14.9. The number of nitrogens with two attached hydrogens (primary N) is 2. The monoisotopic (exact) mass is 451 g/mol. The summed E-state index contributed by atoms with van der Waals surface area (Å²) in [5.41, 5.74) is 10.7. The fourth-order valence-corrected chi connectivity index (χ4v) is 3.06. The van der Waals surface area contributed by atoms with E-state index in [0.717, 1.165) is 0 Å². The molecule has 0 fully saturated rings. The molecule has 0 aromatic rings. The Morgan fingerprint density at radius 2 is 1.52 bits per heavy atom. The molecule has 0 heterocycles. The van der Waals surface area contributed by atoms with Crippen molar-refractivity contribution in [1.82, 2.24) is 16.0 Å². The smallest absolute Gasteiger partial charge is 0.326 e. The van der Waals surface area contributed by atoms with E-state index >= 15 is 0 Å². The van der Waals surface area contributed by atoms with Gasteiger partial charge in [-0.1, -0.05) is 0 Å². The van der Waals surface area contributed by atoms with Gasteiger partial charge in [-0.15, -0.1) is 0 Å². The first kappa shape index (κ1) is 27.0. The minimum Gasteiger partial charge on any atom is -0.480 e. The van der Waals surface area contributed by atoms with Crippen LogP contribution in [0.5, 0.6) is 0 Å². The molecule has 0 saturated heterocycles. The number of amides is 4. The van der Waals surface area contributed by atoms with E-state index in [4.69, 9.17) is 16.6 Å². The number of rotatable bonds is 15. The molecule has 11 nitrogen and oxygen atoms in total. The Labute approximate surface area is 177 Å². The van der Waals surface area contributed by atoms with E-state index in [2.05, 4.69) is 16.0 Å². The van der Waals surface area contributed by atoms with Gasteiger partial charge in [0, 0.05) is 0 Å². The summed E-state index contributed by atoms with van der Waals surface area (Å²) in [6.45, 7) is -0.376. The number of primary amides is 1. The molecule has 29 heavy (non-hydrogen) atoms. The van der Waals surface area contributed by atoms with Crippen LogP contribution in [0.25, 0.3) is 0 Å². The molecular weight excluding hydrogens is 422 g/mol. The predicted molar refractivity (Wildman–Crippen MR) is 112 cm³/mol. The van der Waals surface area contributed by atoms with E-state index in [-0.39, 0.29) is 13.0 Å². The normalized spacial score (nSPS) is 13.6. The minimum atomic E-state index is -1.50. The van der Waals surface area contributed by atoms with Gasteiger partial charge in [-0.05, 0) is 36.9 Å². The molecule has 0 aromatic carbocycles. The van der Waals surface area contributed by atoms with Crippen LogP contribution in [0.15, 0.2) is 0 Å². The molecule has 0 saturated carbocycles. The molecule has 0 rings (SSSR count). The van der Waals surface area contributed by atoms with Crippen molar-refractivity contribution < 1.29 is 29.1 Å². The maximum absolute atomic E-state index is 12.4. The van der Waals surface area contributed by atoms with Gasteiger partial charge < -0.3 is 32.5 Å². The number of hydrogen-bond donors (Lipinski definition) is 6. The molecule has 3 atom stereocenters. The zero-order valence-electron chi connectivity index (χ0n) is 16.4. The van der Waals surface area contributed by atoms with Crippen LogP contribution >= 0.6 is 23.5 Å². The molecule has 0 aromatic heterocycles. The average Bonchev–Trinajstić information content (AvgIpc) is 2.66. The molecule has 8 N–H and O–H groups in total. The summed E-state index contributed by atoms with van der Waals surface area (Å²) >= 11 is 2.97. The lowest BCUT2D eigenvalue weighted by Gasteiger charge is -2.21. The number of nitrogens with one attached hydrogen (secondary N) is 3. The van der Waals surface area contributed by atoms with Crippen LogP contribution in [0.2, 0.25) is 0 Å². The SMILES string of the molecule is CSCCC(N)C(=O)NCC(=O)NC(CCSC)C(=O)NC(CC(N)=O)C(=O)O. The van der Waals surface area contributed by atoms with Crippen molar-refractivity contribution in [3.63, 3.8) is 0 Å². The van der Waals surface area contributed by atoms with Gasteiger partial charge in [0.05, 0.1) is 19.0 Å². The van der Waals surface area contributed by atoms with Gasteiger partial charge in [0.15, 0.2) is 0 Å². The van der Waals surface area contributed by atoms with Crippen LogP contribution in [-0.4, -0.2) is 83.4 Å². The Balaban J connectivity index is 4.81. The van der Waals surface area contributed by atoms with Crippen molar-refractivity contribution in [3.8, 4) is 0 Å². The van der Waals surface area contributed by atoms with E-state index in [1.165, 1.54) is 11.8 Å². The number of carboxylic acids is 1. The Kier molecular flexibility index (Phi) is 13.9. The summed E-state index contributed by atoms with van der Waals surface area (Å²) < 4.78 is 0. The number of thioether (sulfide) groups is 2. The highest BCUT2D eigenvalue weighted by Gasteiger charge is 2.27. The molecule has 0 aliphatic rings. The highest BCUT2D eigenvalue weighted by molar-refractivity contribution is 7.98. The fraction of sp³-hybridized carbons (Fsp3) is 0.688. The minimum absolute atomic E-state index is 0.225. The predicted octanol–water partition coefficient (Wildman–Crippen LogP) is -2.13. The first-order valence-electron chi connectivity index (χ1n) is 8.74. The van der Waals surface area contributed by atoms with Crippen LogP contribution < -0.4 is 27.4 Å². The average molecular weight is 452 g/mol. The molecule has 0 bridgehead atoms. The topological polar surface area (TPSA) is 194 Å². The Morgan fingerprint density at radius 1 is 0.931 bits per heavy atom. The van der Waals surface area contributed by atoms with Crippen molar-refractivity contribution in [1.29, 1.82) is 0 Å². The van der Waals surface area contributed by atoms with Gasteiger partial charge in [-0.2, -0.15) is 23.5 Å². The van der Waals surface area contributed by atoms with Crippen molar-refractivity contribution in [3.05, 3.63) is 0 Å². The largest absolute Gasteiger partial charge is 0.480 e. The summed E-state index contributed by atoms with van der Waals surface area (Å²) in [7, 11) is 0. The number of hydrogen-bond acceptors (Lipinski definition) is 8. The van der Waals surface area contributed by atoms with Crippen molar-refractivity contribution >= 4 is 53.1 Å². The maximum atomic E-state index is 12.4. The molecule has 0 aliphatic carbocycles. The number of aliphatic carboxylic acids is 1. The molecular formula is C16H29N5O6S2. The number of carboxylic acid groups (broad SMARTS) is 1. The first-order chi connectivity index (χ1) is 13.6. The summed E-state index contributed by atoms with van der Waals surface area (Å²) in [4.78, 5) is 58.5. The fourth-order valence-electron chi connectivity index (χ4n) is 2.10. The number of carbonyl (C=O) groups is 5. The first-order valence-corrected chi connectivity index (χ1v) is 11.5. The lowest BCUT2D eigenvalue weighted by Crippen LogP contribution is -2.54. The second-order valence-electron chi connectivity index (χ2n) is 6.08. The highest BCUT2D eigenvalue weighted by Crippen LogP contribution is 2.03. The third-order valence-corrected chi connectivity index (χ3v) is 4.96. The quantitative estimate of drug-likeness (QED) is 0.161. The van der Waals surface area contributed by atoms with E-state index in [1.54, 1.807) is 18.0 Å². The van der Waals surface area contributed by atoms with Gasteiger partial charge in [0.25, 0.3) is 0 Å². The van der Waals surface area contributed by atoms with E-state index < -0.39 is 54.1 Å². The molecule has 0 aliphatic heterocycles. The van der Waals surface area contributed by atoms with Crippen LogP contribution in [0, 0.1) is 0 Å². The van der Waals surface area contributed by atoms with Gasteiger partial charge >= 0.3 is 5.97 Å². The lowest BCUT2D eigenvalue weighted by atomic mass is 10.1. The van der Waals surface area contributed by atoms with Gasteiger partial charge in [-0.25, -0.2) is 4.79 Å². The molecule has 13 heteroatoms. The van der Waals surface area contributed by atoms with Crippen LogP contribution in [0.1, 0.15) is 19.3 Å². The summed E-state index contributed by atoms with van der Waals surface area (Å²) in [6, 6.07) is -3.27. The summed E-state index contributed by atoms with van der Waals surface area (Å²) in [5, 5.41) is 16.1. The van der Waals surface area contributed by atoms with E-state index in [9.17, 15) is 24.0 Å². The third-order valence-electron chi connectivity index (χ3n) is 3.68. The summed E-state index contributed by atoms with van der Waals surface area (Å²) in [6.07, 6.45) is 3.80. The standard InChI is InChI=1S/C16H29N5O6S2/c1-28-5-3-9(17)14(24)19-8-13(23)20-10(4-6-29-2)15(25)21-11(16(26)27)7-12(18)22/h9-11H,3-8,17H2,1-2H3,(H2,18,22)(H,19,24)(H,20,23)(H,21,25)(H,26,27). The van der Waals surface area contributed by atoms with Crippen molar-refractivity contribution in [2.45, 2.75) is 37.4 Å². The van der Waals surface area contributed by atoms with Gasteiger partial charge in [0.1, 0.15) is 12.1 Å². The third kappa shape index (κ3) is 12.2. The van der Waals surface area contributed by atoms with E-state index in [0.29, 0.717) is 17.9 Å². The molecule has 4 amide bonds. The van der Waals surface area contributed by atoms with Crippen molar-refractivity contribution in [2.75, 3.05) is 30.6 Å². The maximum Gasteiger partial charge on any atom is 0.326 e. The number of carbonyl (C=O) groups excluding carboxylic acids is 4. The zero-order chi connectivity index (χ0) is 22.4. The van der Waals surface area contributed by atoms with Crippen LogP contribution in [0.3, 0.4) is 0 Å². The highest BCUT2D eigenvalue weighted by atomic mass is 32.2. The van der Waals surface area contributed by atoms with Gasteiger partial charge in [0.2, 0.25) is 23.6 Å². The Bertz CT molecular complexity index is 592. The van der Waals surface area contributed by atoms with Gasteiger partial charge in [-0.3, -0.25) is 19.2 Å². The van der Waals surface area contributed by atoms with Crippen LogP contribution in [0.4, 0.5) is 0 Å². The lowest BCUT2D eigenvalue weighted by molar-refractivity contribution is -0.143. The second-order valence-corrected chi connectivity index (χ2v) is 8.05. The van der Waals surface area contributed by atoms with Crippen molar-refractivity contribution in [2.24, 2.45) is 11.5 Å². The summed E-state index contributed by atoms with van der Waals surface area (Å²) in [5.74, 6) is -2.96. The molecule has 0 spiro atoms. The molecule has 0 radical (unpaired) electrons. The van der Waals surface area contributed by atoms with Crippen LogP contribution in [-0.2, 0) is 24.0 Å². The zero-order valence-corrected chi connectivity index (χ0v) is 18.1. The van der Waals surface area contributed by atoms with E-state index in [1.807, 2.05) is 6.26 Å². The Hall–Kier alpha value is -1.99. The molecule has 3 unspecified atom stereocenters. The Morgan fingerprint density at radius 3 is 2.03 bits per heavy atom.